The first-order valence-corrected chi connectivity index (χ1v) is 7.07. The van der Waals surface area contributed by atoms with Gasteiger partial charge in [0, 0.05) is 25.7 Å². The Bertz CT molecular complexity index is 723. The minimum absolute atomic E-state index is 0.527. The maximum Gasteiger partial charge on any atom is 0.122 e. The lowest BCUT2D eigenvalue weighted by atomic mass is 10.2. The predicted octanol–water partition coefficient (Wildman–Crippen LogP) is 4.72. The first-order valence-electron chi connectivity index (χ1n) is 5.87. The van der Waals surface area contributed by atoms with Crippen molar-refractivity contribution in [2.45, 2.75) is 6.61 Å². The van der Waals surface area contributed by atoms with E-state index in [1.54, 1.807) is 11.3 Å². The van der Waals surface area contributed by atoms with Crippen molar-refractivity contribution < 1.29 is 4.74 Å². The molecular formula is C15H12ClNOS. The molecule has 0 unspecified atom stereocenters. The van der Waals surface area contributed by atoms with E-state index >= 15 is 0 Å². The Morgan fingerprint density at radius 1 is 1.11 bits per heavy atom. The molecule has 0 spiro atoms. The number of anilines is 1. The summed E-state index contributed by atoms with van der Waals surface area (Å²) in [7, 11) is 0. The molecule has 3 rings (SSSR count). The van der Waals surface area contributed by atoms with Crippen LogP contribution in [-0.2, 0) is 6.61 Å². The number of benzene rings is 2. The first kappa shape index (κ1) is 12.3. The minimum atomic E-state index is 0.527. The fourth-order valence-electron chi connectivity index (χ4n) is 1.92. The highest BCUT2D eigenvalue weighted by atomic mass is 35.5. The molecule has 2 N–H and O–H groups in total. The van der Waals surface area contributed by atoms with Gasteiger partial charge in [-0.3, -0.25) is 0 Å². The van der Waals surface area contributed by atoms with E-state index in [0.29, 0.717) is 11.6 Å². The van der Waals surface area contributed by atoms with Crippen LogP contribution in [0.4, 0.5) is 5.69 Å². The smallest absolute Gasteiger partial charge is 0.122 e. The molecule has 2 nitrogen and oxygen atoms in total. The van der Waals surface area contributed by atoms with Crippen LogP contribution in [-0.4, -0.2) is 0 Å². The van der Waals surface area contributed by atoms with E-state index in [1.165, 1.54) is 4.70 Å². The van der Waals surface area contributed by atoms with Crippen LogP contribution in [0.1, 0.15) is 4.88 Å². The number of hydrogen-bond acceptors (Lipinski definition) is 3. The summed E-state index contributed by atoms with van der Waals surface area (Å²) in [5.74, 6) is 0.776. The number of fused-ring (bicyclic) bond motifs is 1. The summed E-state index contributed by atoms with van der Waals surface area (Å²) in [6.07, 6.45) is 0. The molecule has 4 heteroatoms. The highest BCUT2D eigenvalue weighted by Gasteiger charge is 2.05. The van der Waals surface area contributed by atoms with Gasteiger partial charge < -0.3 is 10.5 Å². The maximum absolute atomic E-state index is 5.95. The van der Waals surface area contributed by atoms with Gasteiger partial charge in [-0.2, -0.15) is 0 Å². The highest BCUT2D eigenvalue weighted by molar-refractivity contribution is 7.19. The summed E-state index contributed by atoms with van der Waals surface area (Å²) in [5.41, 5.74) is 6.75. The lowest BCUT2D eigenvalue weighted by molar-refractivity contribution is 0.310. The Kier molecular flexibility index (Phi) is 3.32. The lowest BCUT2D eigenvalue weighted by Gasteiger charge is -2.04. The first-order chi connectivity index (χ1) is 9.22. The summed E-state index contributed by atoms with van der Waals surface area (Å²) >= 11 is 7.61. The molecule has 0 aliphatic carbocycles. The SMILES string of the molecule is Nc1cccc2sc(COc3cccc(Cl)c3)cc12. The van der Waals surface area contributed by atoms with Crippen LogP contribution in [0, 0.1) is 0 Å². The molecule has 0 amide bonds. The van der Waals surface area contributed by atoms with E-state index in [-0.39, 0.29) is 0 Å². The van der Waals surface area contributed by atoms with Crippen LogP contribution >= 0.6 is 22.9 Å². The van der Waals surface area contributed by atoms with Crippen LogP contribution in [0.15, 0.2) is 48.5 Å². The Morgan fingerprint density at radius 2 is 1.95 bits per heavy atom. The van der Waals surface area contributed by atoms with Crippen LogP contribution < -0.4 is 10.5 Å². The van der Waals surface area contributed by atoms with Crippen LogP contribution in [0.2, 0.25) is 5.02 Å². The van der Waals surface area contributed by atoms with Crippen LogP contribution in [0.3, 0.4) is 0 Å². The van der Waals surface area contributed by atoms with Gasteiger partial charge in [0.15, 0.2) is 0 Å². The number of ether oxygens (including phenoxy) is 1. The van der Waals surface area contributed by atoms with Gasteiger partial charge in [-0.1, -0.05) is 23.7 Å². The molecule has 96 valence electrons. The van der Waals surface area contributed by atoms with Crippen molar-refractivity contribution >= 4 is 38.7 Å². The molecule has 0 bridgehead atoms. The number of halogens is 1. The van der Waals surface area contributed by atoms with E-state index < -0.39 is 0 Å². The van der Waals surface area contributed by atoms with Crippen LogP contribution in [0.5, 0.6) is 5.75 Å². The minimum Gasteiger partial charge on any atom is -0.488 e. The van der Waals surface area contributed by atoms with Gasteiger partial charge >= 0.3 is 0 Å². The molecule has 3 aromatic rings. The summed E-state index contributed by atoms with van der Waals surface area (Å²) in [4.78, 5) is 1.15. The number of nitrogen functional groups attached to an aromatic ring is 1. The van der Waals surface area contributed by atoms with Crippen molar-refractivity contribution in [1.82, 2.24) is 0 Å². The van der Waals surface area contributed by atoms with E-state index in [0.717, 1.165) is 21.7 Å². The van der Waals surface area contributed by atoms with Crippen molar-refractivity contribution in [3.8, 4) is 5.75 Å². The predicted molar refractivity (Wildman–Crippen MR) is 82.0 cm³/mol. The standard InChI is InChI=1S/C15H12ClNOS/c16-10-3-1-4-11(7-10)18-9-12-8-13-14(17)5-2-6-15(13)19-12/h1-8H,9,17H2. The molecular weight excluding hydrogens is 278 g/mol. The Hall–Kier alpha value is -1.71. The van der Waals surface area contributed by atoms with E-state index in [1.807, 2.05) is 36.4 Å². The van der Waals surface area contributed by atoms with Crippen molar-refractivity contribution in [3.63, 3.8) is 0 Å². The molecule has 2 aromatic carbocycles. The molecule has 19 heavy (non-hydrogen) atoms. The average molecular weight is 290 g/mol. The molecule has 0 aliphatic rings. The Morgan fingerprint density at radius 3 is 2.74 bits per heavy atom. The van der Waals surface area contributed by atoms with Gasteiger partial charge in [-0.25, -0.2) is 0 Å². The van der Waals surface area contributed by atoms with Gasteiger partial charge in [0.05, 0.1) is 0 Å². The molecule has 0 saturated heterocycles. The largest absolute Gasteiger partial charge is 0.488 e. The zero-order valence-electron chi connectivity index (χ0n) is 10.1. The average Bonchev–Trinajstić information content (AvgIpc) is 2.81. The normalized spacial score (nSPS) is 10.8. The summed E-state index contributed by atoms with van der Waals surface area (Å²) in [6.45, 7) is 0.527. The van der Waals surface area contributed by atoms with Gasteiger partial charge in [-0.05, 0) is 36.4 Å². The van der Waals surface area contributed by atoms with Crippen molar-refractivity contribution in [1.29, 1.82) is 0 Å². The van der Waals surface area contributed by atoms with Crippen molar-refractivity contribution in [2.24, 2.45) is 0 Å². The zero-order chi connectivity index (χ0) is 13.2. The van der Waals surface area contributed by atoms with Gasteiger partial charge in [0.25, 0.3) is 0 Å². The fraction of sp³-hybridized carbons (Fsp3) is 0.0667. The number of hydrogen-bond donors (Lipinski definition) is 1. The van der Waals surface area contributed by atoms with E-state index in [4.69, 9.17) is 22.1 Å². The summed E-state index contributed by atoms with van der Waals surface area (Å²) < 4.78 is 6.91. The third kappa shape index (κ3) is 2.67. The van der Waals surface area contributed by atoms with Gasteiger partial charge in [0.2, 0.25) is 0 Å². The second-order valence-electron chi connectivity index (χ2n) is 4.22. The molecule has 0 fully saturated rings. The van der Waals surface area contributed by atoms with Gasteiger partial charge in [0.1, 0.15) is 12.4 Å². The molecule has 1 heterocycles. The Labute approximate surface area is 120 Å². The molecule has 1 aromatic heterocycles. The topological polar surface area (TPSA) is 35.2 Å². The van der Waals surface area contributed by atoms with Gasteiger partial charge in [-0.15, -0.1) is 11.3 Å². The molecule has 0 atom stereocenters. The third-order valence-electron chi connectivity index (χ3n) is 2.82. The Balaban J connectivity index is 1.80. The lowest BCUT2D eigenvalue weighted by Crippen LogP contribution is -1.92. The highest BCUT2D eigenvalue weighted by Crippen LogP contribution is 2.30. The zero-order valence-corrected chi connectivity index (χ0v) is 11.7. The number of rotatable bonds is 3. The maximum atomic E-state index is 5.95. The monoisotopic (exact) mass is 289 g/mol. The van der Waals surface area contributed by atoms with E-state index in [2.05, 4.69) is 12.1 Å². The second-order valence-corrected chi connectivity index (χ2v) is 5.82. The van der Waals surface area contributed by atoms with Crippen molar-refractivity contribution in [2.75, 3.05) is 5.73 Å². The molecule has 0 aliphatic heterocycles. The summed E-state index contributed by atoms with van der Waals surface area (Å²) in [5, 5.41) is 1.77. The number of thiophene rings is 1. The molecule has 0 radical (unpaired) electrons. The van der Waals surface area contributed by atoms with Crippen LogP contribution in [0.25, 0.3) is 10.1 Å². The van der Waals surface area contributed by atoms with Crippen molar-refractivity contribution in [3.05, 3.63) is 58.4 Å². The van der Waals surface area contributed by atoms with E-state index in [9.17, 15) is 0 Å². The number of nitrogens with two attached hydrogens (primary N) is 1. The quantitative estimate of drug-likeness (QED) is 0.708. The molecule has 0 saturated carbocycles. The fourth-order valence-corrected chi connectivity index (χ4v) is 3.11. The second kappa shape index (κ2) is 5.11. The third-order valence-corrected chi connectivity index (χ3v) is 4.13. The summed E-state index contributed by atoms with van der Waals surface area (Å²) in [6, 6.07) is 15.4.